The minimum Gasteiger partial charge on any atom is -0.271 e. The molecule has 0 fully saturated rings. The van der Waals surface area contributed by atoms with Crippen LogP contribution in [0.15, 0.2) is 82.8 Å². The number of carbonyl (C=O) groups is 1. The van der Waals surface area contributed by atoms with Gasteiger partial charge >= 0.3 is 0 Å². The van der Waals surface area contributed by atoms with E-state index in [4.69, 9.17) is 11.6 Å². The maximum atomic E-state index is 13.4. The molecule has 1 N–H and O–H groups in total. The normalized spacial score (nSPS) is 11.8. The van der Waals surface area contributed by atoms with E-state index in [1.165, 1.54) is 12.1 Å². The number of amides is 1. The summed E-state index contributed by atoms with van der Waals surface area (Å²) >= 11 is 6.28. The van der Waals surface area contributed by atoms with Crippen molar-refractivity contribution in [3.05, 3.63) is 94.5 Å². The van der Waals surface area contributed by atoms with Crippen LogP contribution in [-0.2, 0) is 14.8 Å². The van der Waals surface area contributed by atoms with Crippen LogP contribution >= 0.6 is 11.6 Å². The summed E-state index contributed by atoms with van der Waals surface area (Å²) in [5.74, 6) is -0.591. The molecule has 0 spiro atoms. The highest BCUT2D eigenvalue weighted by Crippen LogP contribution is 2.30. The second-order valence-corrected chi connectivity index (χ2v) is 9.64. The van der Waals surface area contributed by atoms with E-state index < -0.39 is 22.5 Å². The molecule has 1 amide bonds. The van der Waals surface area contributed by atoms with E-state index in [9.17, 15) is 13.2 Å². The molecule has 0 aliphatic heterocycles. The topological polar surface area (TPSA) is 78.8 Å². The molecular weight excluding hydrogens is 446 g/mol. The van der Waals surface area contributed by atoms with Crippen LogP contribution in [0.1, 0.15) is 23.6 Å². The Morgan fingerprint density at radius 1 is 0.938 bits per heavy atom. The van der Waals surface area contributed by atoms with Crippen molar-refractivity contribution in [2.24, 2.45) is 5.10 Å². The van der Waals surface area contributed by atoms with Crippen LogP contribution < -0.4 is 9.73 Å². The highest BCUT2D eigenvalue weighted by Gasteiger charge is 2.28. The molecule has 0 unspecified atom stereocenters. The quantitative estimate of drug-likeness (QED) is 0.402. The summed E-state index contributed by atoms with van der Waals surface area (Å²) in [6, 6.07) is 20.6. The van der Waals surface area contributed by atoms with Gasteiger partial charge in [0.1, 0.15) is 6.54 Å². The summed E-state index contributed by atoms with van der Waals surface area (Å²) in [5, 5.41) is 4.34. The lowest BCUT2D eigenvalue weighted by atomic mass is 10.1. The second kappa shape index (κ2) is 9.97. The zero-order valence-corrected chi connectivity index (χ0v) is 19.6. The predicted octanol–water partition coefficient (Wildman–Crippen LogP) is 4.69. The van der Waals surface area contributed by atoms with Gasteiger partial charge in [0.05, 0.1) is 21.3 Å². The van der Waals surface area contributed by atoms with Gasteiger partial charge in [-0.3, -0.25) is 9.10 Å². The Balaban J connectivity index is 1.88. The molecule has 0 saturated carbocycles. The van der Waals surface area contributed by atoms with Crippen molar-refractivity contribution in [2.75, 3.05) is 10.8 Å². The first-order valence-corrected chi connectivity index (χ1v) is 11.7. The molecule has 32 heavy (non-hydrogen) atoms. The Kier molecular flexibility index (Phi) is 7.33. The van der Waals surface area contributed by atoms with Gasteiger partial charge in [-0.05, 0) is 50.6 Å². The van der Waals surface area contributed by atoms with E-state index in [0.717, 1.165) is 21.0 Å². The Morgan fingerprint density at radius 2 is 1.50 bits per heavy atom. The van der Waals surface area contributed by atoms with Crippen LogP contribution in [0, 0.1) is 13.8 Å². The van der Waals surface area contributed by atoms with E-state index in [0.29, 0.717) is 5.71 Å². The third-order valence-corrected chi connectivity index (χ3v) is 6.93. The third kappa shape index (κ3) is 5.55. The summed E-state index contributed by atoms with van der Waals surface area (Å²) in [6.07, 6.45) is 0. The van der Waals surface area contributed by atoms with Crippen molar-refractivity contribution in [1.29, 1.82) is 0 Å². The van der Waals surface area contributed by atoms with Gasteiger partial charge in [-0.25, -0.2) is 13.8 Å². The zero-order chi connectivity index (χ0) is 23.3. The van der Waals surface area contributed by atoms with Gasteiger partial charge in [-0.2, -0.15) is 5.10 Å². The summed E-state index contributed by atoms with van der Waals surface area (Å²) in [4.78, 5) is 12.8. The molecule has 0 bridgehead atoms. The summed E-state index contributed by atoms with van der Waals surface area (Å²) in [6.45, 7) is 5.13. The van der Waals surface area contributed by atoms with Gasteiger partial charge < -0.3 is 0 Å². The monoisotopic (exact) mass is 469 g/mol. The SMILES string of the molecule is C/C(=N/NC(=O)CN(c1ccccc1Cl)S(=O)(=O)c1ccc(C)cc1)c1ccc(C)cc1. The number of sulfonamides is 1. The first-order chi connectivity index (χ1) is 15.2. The number of nitrogens with one attached hydrogen (secondary N) is 1. The lowest BCUT2D eigenvalue weighted by molar-refractivity contribution is -0.119. The number of hydrogen-bond acceptors (Lipinski definition) is 4. The van der Waals surface area contributed by atoms with Crippen LogP contribution in [0.4, 0.5) is 5.69 Å². The standard InChI is InChI=1S/C24H24ClN3O3S/c1-17-8-12-20(13-9-17)19(3)26-27-24(29)16-28(23-7-5-4-6-22(23)25)32(30,31)21-14-10-18(2)11-15-21/h4-15H,16H2,1-3H3,(H,27,29)/b26-19-. The van der Waals surface area contributed by atoms with Gasteiger partial charge in [0.15, 0.2) is 0 Å². The fourth-order valence-corrected chi connectivity index (χ4v) is 4.69. The summed E-state index contributed by atoms with van der Waals surface area (Å²) < 4.78 is 27.7. The number of hydrogen-bond donors (Lipinski definition) is 1. The van der Waals surface area contributed by atoms with Crippen molar-refractivity contribution >= 4 is 38.9 Å². The van der Waals surface area contributed by atoms with Crippen LogP contribution in [0.3, 0.4) is 0 Å². The van der Waals surface area contributed by atoms with E-state index in [-0.39, 0.29) is 15.6 Å². The summed E-state index contributed by atoms with van der Waals surface area (Å²) in [5.41, 5.74) is 6.15. The number of aryl methyl sites for hydroxylation is 2. The Hall–Kier alpha value is -3.16. The van der Waals surface area contributed by atoms with Gasteiger partial charge in [-0.15, -0.1) is 0 Å². The molecule has 3 rings (SSSR count). The van der Waals surface area contributed by atoms with Crippen LogP contribution in [-0.4, -0.2) is 26.6 Å². The van der Waals surface area contributed by atoms with Crippen molar-refractivity contribution in [1.82, 2.24) is 5.43 Å². The highest BCUT2D eigenvalue weighted by atomic mass is 35.5. The molecule has 0 atom stereocenters. The van der Waals surface area contributed by atoms with Crippen molar-refractivity contribution in [3.8, 4) is 0 Å². The van der Waals surface area contributed by atoms with Crippen molar-refractivity contribution < 1.29 is 13.2 Å². The molecule has 0 aliphatic carbocycles. The van der Waals surface area contributed by atoms with Crippen molar-refractivity contribution in [2.45, 2.75) is 25.7 Å². The average molecular weight is 470 g/mol. The van der Waals surface area contributed by atoms with Gasteiger partial charge in [0, 0.05) is 0 Å². The van der Waals surface area contributed by atoms with E-state index in [1.807, 2.05) is 38.1 Å². The lowest BCUT2D eigenvalue weighted by Crippen LogP contribution is -2.40. The van der Waals surface area contributed by atoms with Gasteiger partial charge in [0.25, 0.3) is 15.9 Å². The van der Waals surface area contributed by atoms with E-state index in [1.54, 1.807) is 43.3 Å². The fourth-order valence-electron chi connectivity index (χ4n) is 2.96. The molecule has 0 aliphatic rings. The highest BCUT2D eigenvalue weighted by molar-refractivity contribution is 7.92. The molecule has 166 valence electrons. The van der Waals surface area contributed by atoms with Gasteiger partial charge in [0.2, 0.25) is 0 Å². The maximum Gasteiger partial charge on any atom is 0.264 e. The van der Waals surface area contributed by atoms with Crippen molar-refractivity contribution in [3.63, 3.8) is 0 Å². The number of halogens is 1. The molecule has 3 aromatic rings. The van der Waals surface area contributed by atoms with Crippen LogP contribution in [0.25, 0.3) is 0 Å². The number of anilines is 1. The Bertz CT molecular complexity index is 1240. The number of para-hydroxylation sites is 1. The first kappa shape index (κ1) is 23.5. The van der Waals surface area contributed by atoms with E-state index in [2.05, 4.69) is 10.5 Å². The van der Waals surface area contributed by atoms with E-state index >= 15 is 0 Å². The molecule has 0 saturated heterocycles. The lowest BCUT2D eigenvalue weighted by Gasteiger charge is -2.24. The molecule has 6 nitrogen and oxygen atoms in total. The summed E-state index contributed by atoms with van der Waals surface area (Å²) in [7, 11) is -4.04. The molecule has 0 aromatic heterocycles. The molecule has 0 heterocycles. The molecule has 3 aromatic carbocycles. The number of hydrazone groups is 1. The van der Waals surface area contributed by atoms with Crippen LogP contribution in [0.5, 0.6) is 0 Å². The number of benzene rings is 3. The van der Waals surface area contributed by atoms with Gasteiger partial charge in [-0.1, -0.05) is 71.3 Å². The Labute approximate surface area is 193 Å². The average Bonchev–Trinajstić information content (AvgIpc) is 2.77. The number of carbonyl (C=O) groups excluding carboxylic acids is 1. The molecule has 8 heteroatoms. The smallest absolute Gasteiger partial charge is 0.264 e. The Morgan fingerprint density at radius 3 is 2.09 bits per heavy atom. The second-order valence-electron chi connectivity index (χ2n) is 7.37. The third-order valence-electron chi connectivity index (χ3n) is 4.83. The minimum absolute atomic E-state index is 0.0650. The largest absolute Gasteiger partial charge is 0.271 e. The minimum atomic E-state index is -4.04. The maximum absolute atomic E-state index is 13.4. The molecular formula is C24H24ClN3O3S. The number of nitrogens with zero attached hydrogens (tertiary/aromatic N) is 2. The first-order valence-electron chi connectivity index (χ1n) is 9.92. The predicted molar refractivity (Wildman–Crippen MR) is 129 cm³/mol. The fraction of sp³-hybridized carbons (Fsp3) is 0.167. The zero-order valence-electron chi connectivity index (χ0n) is 18.0. The van der Waals surface area contributed by atoms with Crippen LogP contribution in [0.2, 0.25) is 5.02 Å². The molecule has 0 radical (unpaired) electrons. The number of rotatable bonds is 7.